The molecule has 4 nitrogen and oxygen atoms in total. The predicted octanol–water partition coefficient (Wildman–Crippen LogP) is 6.78. The van der Waals surface area contributed by atoms with Gasteiger partial charge in [0.2, 0.25) is 0 Å². The van der Waals surface area contributed by atoms with E-state index in [0.717, 1.165) is 25.7 Å². The smallest absolute Gasteiger partial charge is 0.138 e. The number of aliphatic imine (C=N–C) groups is 2. The minimum Gasteiger partial charge on any atom is -0.506 e. The third-order valence-corrected chi connectivity index (χ3v) is 6.26. The van der Waals surface area contributed by atoms with E-state index in [2.05, 4.69) is 41.8 Å². The van der Waals surface area contributed by atoms with E-state index in [-0.39, 0.29) is 23.6 Å². The van der Waals surface area contributed by atoms with Gasteiger partial charge >= 0.3 is 0 Å². The second kappa shape index (κ2) is 9.61. The molecule has 2 aromatic carbocycles. The van der Waals surface area contributed by atoms with Gasteiger partial charge in [0.25, 0.3) is 0 Å². The van der Waals surface area contributed by atoms with Crippen LogP contribution in [0.2, 0.25) is 10.0 Å². The summed E-state index contributed by atoms with van der Waals surface area (Å²) in [6.45, 7) is 0. The average Bonchev–Trinajstić information content (AvgIpc) is 2.65. The Kier molecular flexibility index (Phi) is 7.42. The quantitative estimate of drug-likeness (QED) is 0.414. The highest BCUT2D eigenvalue weighted by molar-refractivity contribution is 9.10. The van der Waals surface area contributed by atoms with Crippen LogP contribution in [0.25, 0.3) is 0 Å². The standard InChI is InChI=1S/C20H18Br2Cl2N2O2/c21-15-7-13(23)5-11(19(15)27)9-25-17-3-1-2-4-18(17)26-10-12-6-14(24)8-16(22)20(12)28/h5-10,17-18,27-28H,1-4H2/t17-,18-/m0/s1. The van der Waals surface area contributed by atoms with Gasteiger partial charge in [-0.2, -0.15) is 0 Å². The molecular weight excluding hydrogens is 531 g/mol. The molecule has 0 spiro atoms. The van der Waals surface area contributed by atoms with Crippen LogP contribution in [-0.2, 0) is 0 Å². The maximum absolute atomic E-state index is 10.2. The molecule has 1 aliphatic rings. The maximum atomic E-state index is 10.2. The molecule has 8 heteroatoms. The third-order valence-electron chi connectivity index (χ3n) is 4.62. The van der Waals surface area contributed by atoms with Crippen molar-refractivity contribution in [2.24, 2.45) is 9.98 Å². The molecule has 2 N–H and O–H groups in total. The molecule has 0 radical (unpaired) electrons. The SMILES string of the molecule is Oc1c(Br)cc(Cl)cc1C=N[C@H]1CCCC[C@@H]1N=Cc1cc(Cl)cc(Br)c1O. The van der Waals surface area contributed by atoms with Crippen LogP contribution >= 0.6 is 55.1 Å². The van der Waals surface area contributed by atoms with Crippen molar-refractivity contribution in [2.45, 2.75) is 37.8 Å². The van der Waals surface area contributed by atoms with Crippen LogP contribution in [0.3, 0.4) is 0 Å². The average molecular weight is 549 g/mol. The fourth-order valence-corrected chi connectivity index (χ4v) is 4.83. The normalized spacial score (nSPS) is 20.3. The first-order valence-electron chi connectivity index (χ1n) is 8.77. The second-order valence-electron chi connectivity index (χ2n) is 6.63. The topological polar surface area (TPSA) is 65.2 Å². The maximum Gasteiger partial charge on any atom is 0.138 e. The lowest BCUT2D eigenvalue weighted by atomic mass is 9.91. The van der Waals surface area contributed by atoms with Crippen molar-refractivity contribution in [1.82, 2.24) is 0 Å². The Labute approximate surface area is 190 Å². The van der Waals surface area contributed by atoms with Gasteiger partial charge in [0.15, 0.2) is 0 Å². The summed E-state index contributed by atoms with van der Waals surface area (Å²) in [5.74, 6) is 0.218. The molecule has 148 valence electrons. The van der Waals surface area contributed by atoms with Crippen LogP contribution in [0.4, 0.5) is 0 Å². The molecule has 0 unspecified atom stereocenters. The van der Waals surface area contributed by atoms with Gasteiger partial charge in [-0.05, 0) is 69.0 Å². The molecule has 0 aromatic heterocycles. The van der Waals surface area contributed by atoms with Crippen molar-refractivity contribution in [3.63, 3.8) is 0 Å². The van der Waals surface area contributed by atoms with E-state index in [1.165, 1.54) is 0 Å². The molecule has 1 aliphatic carbocycles. The van der Waals surface area contributed by atoms with Crippen molar-refractivity contribution in [3.05, 3.63) is 54.4 Å². The Balaban J connectivity index is 1.82. The number of benzene rings is 2. The highest BCUT2D eigenvalue weighted by atomic mass is 79.9. The summed E-state index contributed by atoms with van der Waals surface area (Å²) in [7, 11) is 0. The molecule has 0 amide bonds. The van der Waals surface area contributed by atoms with Gasteiger partial charge < -0.3 is 10.2 Å². The van der Waals surface area contributed by atoms with E-state index in [9.17, 15) is 10.2 Å². The molecule has 0 saturated heterocycles. The number of phenols is 2. The zero-order valence-electron chi connectivity index (χ0n) is 14.7. The van der Waals surface area contributed by atoms with Gasteiger partial charge in [-0.1, -0.05) is 36.0 Å². The summed E-state index contributed by atoms with van der Waals surface area (Å²) in [5.41, 5.74) is 1.12. The highest BCUT2D eigenvalue weighted by Gasteiger charge is 2.23. The van der Waals surface area contributed by atoms with Gasteiger partial charge in [0, 0.05) is 33.6 Å². The first-order chi connectivity index (χ1) is 13.3. The van der Waals surface area contributed by atoms with Crippen LogP contribution in [0.15, 0.2) is 43.2 Å². The number of phenolic OH excluding ortho intramolecular Hbond substituents is 2. The van der Waals surface area contributed by atoms with E-state index in [1.54, 1.807) is 36.7 Å². The van der Waals surface area contributed by atoms with E-state index in [4.69, 9.17) is 23.2 Å². The molecular formula is C20H18Br2Cl2N2O2. The summed E-state index contributed by atoms with van der Waals surface area (Å²) in [4.78, 5) is 9.34. The number of nitrogens with zero attached hydrogens (tertiary/aromatic N) is 2. The Morgan fingerprint density at radius 3 is 1.57 bits per heavy atom. The third kappa shape index (κ3) is 5.29. The highest BCUT2D eigenvalue weighted by Crippen LogP contribution is 2.32. The summed E-state index contributed by atoms with van der Waals surface area (Å²) in [6, 6.07) is 6.61. The van der Waals surface area contributed by atoms with Crippen molar-refractivity contribution in [3.8, 4) is 11.5 Å². The molecule has 2 atom stereocenters. The van der Waals surface area contributed by atoms with E-state index in [1.807, 2.05) is 0 Å². The van der Waals surface area contributed by atoms with Gasteiger partial charge in [-0.3, -0.25) is 9.98 Å². The Bertz CT molecular complexity index is 859. The number of aromatic hydroxyl groups is 2. The van der Waals surface area contributed by atoms with E-state index < -0.39 is 0 Å². The lowest BCUT2D eigenvalue weighted by Crippen LogP contribution is -2.27. The molecule has 0 bridgehead atoms. The summed E-state index contributed by atoms with van der Waals surface area (Å²) >= 11 is 18.7. The minimum atomic E-state index is -0.00748. The first-order valence-corrected chi connectivity index (χ1v) is 11.1. The molecule has 1 saturated carbocycles. The van der Waals surface area contributed by atoms with Gasteiger partial charge in [0.1, 0.15) is 11.5 Å². The number of hydrogen-bond acceptors (Lipinski definition) is 4. The number of rotatable bonds is 4. The molecule has 1 fully saturated rings. The second-order valence-corrected chi connectivity index (χ2v) is 9.21. The lowest BCUT2D eigenvalue weighted by molar-refractivity contribution is 0.390. The fraction of sp³-hybridized carbons (Fsp3) is 0.300. The van der Waals surface area contributed by atoms with Crippen molar-refractivity contribution >= 4 is 67.5 Å². The summed E-state index contributed by atoms with van der Waals surface area (Å²) < 4.78 is 1.06. The Morgan fingerprint density at radius 2 is 1.18 bits per heavy atom. The zero-order chi connectivity index (χ0) is 20.3. The van der Waals surface area contributed by atoms with Crippen molar-refractivity contribution in [1.29, 1.82) is 0 Å². The van der Waals surface area contributed by atoms with Gasteiger partial charge in [-0.15, -0.1) is 0 Å². The van der Waals surface area contributed by atoms with Crippen molar-refractivity contribution in [2.75, 3.05) is 0 Å². The molecule has 0 heterocycles. The lowest BCUT2D eigenvalue weighted by Gasteiger charge is -2.25. The zero-order valence-corrected chi connectivity index (χ0v) is 19.4. The van der Waals surface area contributed by atoms with Gasteiger partial charge in [0.05, 0.1) is 21.0 Å². The number of halogens is 4. The van der Waals surface area contributed by atoms with E-state index >= 15 is 0 Å². The van der Waals surface area contributed by atoms with Crippen LogP contribution in [-0.4, -0.2) is 34.7 Å². The Hall–Kier alpha value is -1.08. The Morgan fingerprint density at radius 1 is 0.786 bits per heavy atom. The van der Waals surface area contributed by atoms with Crippen LogP contribution in [0.5, 0.6) is 11.5 Å². The molecule has 3 rings (SSSR count). The van der Waals surface area contributed by atoms with Crippen LogP contribution in [0.1, 0.15) is 36.8 Å². The van der Waals surface area contributed by atoms with Crippen LogP contribution < -0.4 is 0 Å². The monoisotopic (exact) mass is 546 g/mol. The minimum absolute atomic E-state index is 0.00748. The largest absolute Gasteiger partial charge is 0.506 e. The summed E-state index contributed by atoms with van der Waals surface area (Å²) in [5, 5.41) is 21.4. The number of hydrogen-bond donors (Lipinski definition) is 2. The fourth-order valence-electron chi connectivity index (χ4n) is 3.16. The van der Waals surface area contributed by atoms with Gasteiger partial charge in [-0.25, -0.2) is 0 Å². The molecule has 2 aromatic rings. The first kappa shape index (κ1) is 21.6. The van der Waals surface area contributed by atoms with E-state index in [0.29, 0.717) is 30.1 Å². The van der Waals surface area contributed by atoms with Crippen molar-refractivity contribution < 1.29 is 10.2 Å². The van der Waals surface area contributed by atoms with Crippen LogP contribution in [0, 0.1) is 0 Å². The molecule has 0 aliphatic heterocycles. The molecule has 28 heavy (non-hydrogen) atoms. The predicted molar refractivity (Wildman–Crippen MR) is 123 cm³/mol. The summed E-state index contributed by atoms with van der Waals surface area (Å²) in [6.07, 6.45) is 7.27.